The predicted octanol–water partition coefficient (Wildman–Crippen LogP) is 3.13. The van der Waals surface area contributed by atoms with Gasteiger partial charge in [-0.05, 0) is 24.5 Å². The molecule has 0 aliphatic heterocycles. The molecular weight excluding hydrogens is 258 g/mol. The molecule has 5 heteroatoms. The molecule has 0 amide bonds. The van der Waals surface area contributed by atoms with E-state index in [0.717, 1.165) is 12.1 Å². The molecule has 0 saturated heterocycles. The molecule has 1 heterocycles. The minimum absolute atomic E-state index is 0.0755. The van der Waals surface area contributed by atoms with Crippen LogP contribution in [0.15, 0.2) is 23.2 Å². The van der Waals surface area contributed by atoms with Crippen LogP contribution in [0.5, 0.6) is 0 Å². The highest BCUT2D eigenvalue weighted by atomic mass is 35.7. The molecule has 2 rings (SSSR count). The summed E-state index contributed by atoms with van der Waals surface area (Å²) in [6, 6.07) is 3.30. The van der Waals surface area contributed by atoms with Crippen LogP contribution in [0.4, 0.5) is 0 Å². The number of hydrogen-bond acceptors (Lipinski definition) is 3. The third-order valence-corrected chi connectivity index (χ3v) is 4.64. The van der Waals surface area contributed by atoms with Gasteiger partial charge in [0, 0.05) is 22.6 Å². The van der Waals surface area contributed by atoms with Crippen molar-refractivity contribution < 1.29 is 8.42 Å². The van der Waals surface area contributed by atoms with Gasteiger partial charge < -0.3 is 0 Å². The standard InChI is InChI=1S/C12H16ClNO2S/c13-17(15,16)12-7-6-11(14-9-12)8-10-4-2-1-3-5-10/h6-7,9-10H,1-5,8H2. The first kappa shape index (κ1) is 12.8. The molecule has 0 atom stereocenters. The van der Waals surface area contributed by atoms with E-state index < -0.39 is 9.05 Å². The van der Waals surface area contributed by atoms with Gasteiger partial charge in [0.15, 0.2) is 0 Å². The molecule has 1 saturated carbocycles. The summed E-state index contributed by atoms with van der Waals surface area (Å²) in [6.07, 6.45) is 8.77. The Morgan fingerprint density at radius 3 is 2.47 bits per heavy atom. The second-order valence-corrected chi connectivity index (χ2v) is 7.20. The molecule has 0 radical (unpaired) electrons. The fourth-order valence-corrected chi connectivity index (χ4v) is 3.05. The molecule has 1 aromatic heterocycles. The fourth-order valence-electron chi connectivity index (χ4n) is 2.36. The van der Waals surface area contributed by atoms with Crippen molar-refractivity contribution in [1.29, 1.82) is 0 Å². The van der Waals surface area contributed by atoms with Crippen molar-refractivity contribution in [3.8, 4) is 0 Å². The van der Waals surface area contributed by atoms with Crippen LogP contribution < -0.4 is 0 Å². The van der Waals surface area contributed by atoms with E-state index in [1.807, 2.05) is 0 Å². The Bertz CT molecular complexity index is 464. The van der Waals surface area contributed by atoms with Crippen molar-refractivity contribution in [3.63, 3.8) is 0 Å². The monoisotopic (exact) mass is 273 g/mol. The summed E-state index contributed by atoms with van der Waals surface area (Å²) in [7, 11) is 1.59. The quantitative estimate of drug-likeness (QED) is 0.795. The Morgan fingerprint density at radius 2 is 1.94 bits per heavy atom. The van der Waals surface area contributed by atoms with Gasteiger partial charge in [0.1, 0.15) is 4.90 Å². The Hall–Kier alpha value is -0.610. The summed E-state index contributed by atoms with van der Waals surface area (Å²) >= 11 is 0. The van der Waals surface area contributed by atoms with Crippen molar-refractivity contribution in [2.75, 3.05) is 0 Å². The van der Waals surface area contributed by atoms with Crippen LogP contribution in [-0.2, 0) is 15.5 Å². The van der Waals surface area contributed by atoms with Crippen LogP contribution in [0.3, 0.4) is 0 Å². The second-order valence-electron chi connectivity index (χ2n) is 4.63. The molecule has 17 heavy (non-hydrogen) atoms. The SMILES string of the molecule is O=S(=O)(Cl)c1ccc(CC2CCCCC2)nc1. The molecular formula is C12H16ClNO2S. The summed E-state index contributed by atoms with van der Waals surface area (Å²) < 4.78 is 22.1. The molecule has 0 bridgehead atoms. The molecule has 0 aromatic carbocycles. The summed E-state index contributed by atoms with van der Waals surface area (Å²) in [5.41, 5.74) is 0.959. The van der Waals surface area contributed by atoms with Gasteiger partial charge in [0.25, 0.3) is 9.05 Å². The van der Waals surface area contributed by atoms with Gasteiger partial charge in [-0.1, -0.05) is 32.1 Å². The third kappa shape index (κ3) is 3.68. The van der Waals surface area contributed by atoms with Crippen molar-refractivity contribution in [2.45, 2.75) is 43.4 Å². The average Bonchev–Trinajstić information content (AvgIpc) is 2.30. The van der Waals surface area contributed by atoms with Crippen molar-refractivity contribution in [1.82, 2.24) is 4.98 Å². The van der Waals surface area contributed by atoms with E-state index in [-0.39, 0.29) is 4.90 Å². The first-order valence-corrected chi connectivity index (χ1v) is 8.26. The van der Waals surface area contributed by atoms with E-state index in [0.29, 0.717) is 5.92 Å². The summed E-state index contributed by atoms with van der Waals surface area (Å²) in [4.78, 5) is 4.25. The first-order chi connectivity index (χ1) is 8.05. The molecule has 0 N–H and O–H groups in total. The molecule has 1 fully saturated rings. The Kier molecular flexibility index (Phi) is 4.05. The summed E-state index contributed by atoms with van der Waals surface area (Å²) in [5.74, 6) is 0.703. The van der Waals surface area contributed by atoms with Crippen LogP contribution >= 0.6 is 10.7 Å². The average molecular weight is 274 g/mol. The number of rotatable bonds is 3. The maximum absolute atomic E-state index is 11.1. The number of halogens is 1. The Labute approximate surface area is 107 Å². The second kappa shape index (κ2) is 5.36. The van der Waals surface area contributed by atoms with E-state index in [9.17, 15) is 8.42 Å². The van der Waals surface area contributed by atoms with E-state index in [1.165, 1.54) is 44.4 Å². The topological polar surface area (TPSA) is 47.0 Å². The van der Waals surface area contributed by atoms with E-state index in [2.05, 4.69) is 4.98 Å². The van der Waals surface area contributed by atoms with Gasteiger partial charge in [-0.15, -0.1) is 0 Å². The Morgan fingerprint density at radius 1 is 1.24 bits per heavy atom. The fraction of sp³-hybridized carbons (Fsp3) is 0.583. The molecule has 94 valence electrons. The van der Waals surface area contributed by atoms with E-state index >= 15 is 0 Å². The number of hydrogen-bond donors (Lipinski definition) is 0. The largest absolute Gasteiger partial charge is 0.262 e. The lowest BCUT2D eigenvalue weighted by Crippen LogP contribution is -2.10. The zero-order chi connectivity index (χ0) is 12.3. The number of pyridine rings is 1. The molecule has 0 unspecified atom stereocenters. The van der Waals surface area contributed by atoms with Crippen molar-refractivity contribution in [2.24, 2.45) is 5.92 Å². The zero-order valence-corrected chi connectivity index (χ0v) is 11.2. The number of aromatic nitrogens is 1. The lowest BCUT2D eigenvalue weighted by molar-refractivity contribution is 0.354. The van der Waals surface area contributed by atoms with Crippen LogP contribution in [0.25, 0.3) is 0 Å². The summed E-state index contributed by atoms with van der Waals surface area (Å²) in [6.45, 7) is 0. The smallest absolute Gasteiger partial charge is 0.260 e. The normalized spacial score (nSPS) is 18.2. The van der Waals surface area contributed by atoms with Gasteiger partial charge in [-0.2, -0.15) is 0 Å². The predicted molar refractivity (Wildman–Crippen MR) is 67.6 cm³/mol. The first-order valence-electron chi connectivity index (χ1n) is 5.95. The minimum Gasteiger partial charge on any atom is -0.260 e. The maximum Gasteiger partial charge on any atom is 0.262 e. The molecule has 1 aromatic rings. The lowest BCUT2D eigenvalue weighted by Gasteiger charge is -2.20. The van der Waals surface area contributed by atoms with Gasteiger partial charge in [-0.3, -0.25) is 4.98 Å². The number of nitrogens with zero attached hydrogens (tertiary/aromatic N) is 1. The van der Waals surface area contributed by atoms with Gasteiger partial charge >= 0.3 is 0 Å². The maximum atomic E-state index is 11.1. The highest BCUT2D eigenvalue weighted by Gasteiger charge is 2.15. The Balaban J connectivity index is 2.03. The van der Waals surface area contributed by atoms with Crippen LogP contribution in [0.2, 0.25) is 0 Å². The zero-order valence-electron chi connectivity index (χ0n) is 9.60. The van der Waals surface area contributed by atoms with Crippen LogP contribution in [0.1, 0.15) is 37.8 Å². The highest BCUT2D eigenvalue weighted by molar-refractivity contribution is 8.13. The van der Waals surface area contributed by atoms with Gasteiger partial charge in [0.05, 0.1) is 0 Å². The van der Waals surface area contributed by atoms with Crippen LogP contribution in [-0.4, -0.2) is 13.4 Å². The molecule has 3 nitrogen and oxygen atoms in total. The molecule has 1 aliphatic carbocycles. The van der Waals surface area contributed by atoms with E-state index in [4.69, 9.17) is 10.7 Å². The third-order valence-electron chi connectivity index (χ3n) is 3.30. The van der Waals surface area contributed by atoms with E-state index in [1.54, 1.807) is 6.07 Å². The van der Waals surface area contributed by atoms with Crippen LogP contribution in [0, 0.1) is 5.92 Å². The highest BCUT2D eigenvalue weighted by Crippen LogP contribution is 2.26. The lowest BCUT2D eigenvalue weighted by atomic mass is 9.86. The molecule has 0 spiro atoms. The van der Waals surface area contributed by atoms with Gasteiger partial charge in [-0.25, -0.2) is 8.42 Å². The molecule has 1 aliphatic rings. The van der Waals surface area contributed by atoms with Crippen molar-refractivity contribution >= 4 is 19.7 Å². The minimum atomic E-state index is -3.64. The van der Waals surface area contributed by atoms with Gasteiger partial charge in [0.2, 0.25) is 0 Å². The summed E-state index contributed by atoms with van der Waals surface area (Å²) in [5, 5.41) is 0. The van der Waals surface area contributed by atoms with Crippen molar-refractivity contribution in [3.05, 3.63) is 24.0 Å².